The van der Waals surface area contributed by atoms with Gasteiger partial charge in [0.25, 0.3) is 5.69 Å². The molecule has 0 radical (unpaired) electrons. The van der Waals surface area contributed by atoms with E-state index in [0.717, 1.165) is 4.57 Å². The second-order valence-electron chi connectivity index (χ2n) is 5.67. The Hall–Kier alpha value is -3.95. The van der Waals surface area contributed by atoms with Crippen molar-refractivity contribution >= 4 is 40.0 Å². The normalized spacial score (nSPS) is 10.6. The minimum absolute atomic E-state index is 0.144. The van der Waals surface area contributed by atoms with Gasteiger partial charge in [-0.3, -0.25) is 24.3 Å². The molecule has 2 N–H and O–H groups in total. The van der Waals surface area contributed by atoms with Crippen molar-refractivity contribution in [1.82, 2.24) is 4.57 Å². The van der Waals surface area contributed by atoms with Gasteiger partial charge < -0.3 is 15.1 Å². The number of amides is 2. The van der Waals surface area contributed by atoms with Crippen molar-refractivity contribution in [1.29, 1.82) is 0 Å². The van der Waals surface area contributed by atoms with E-state index in [1.165, 1.54) is 25.1 Å². The molecule has 0 spiro atoms. The summed E-state index contributed by atoms with van der Waals surface area (Å²) >= 11 is 0. The Kier molecular flexibility index (Phi) is 4.71. The summed E-state index contributed by atoms with van der Waals surface area (Å²) in [6.45, 7) is 0.970. The highest BCUT2D eigenvalue weighted by molar-refractivity contribution is 5.93. The van der Waals surface area contributed by atoms with Gasteiger partial charge in [-0.05, 0) is 24.3 Å². The van der Waals surface area contributed by atoms with E-state index in [1.807, 2.05) is 0 Å². The van der Waals surface area contributed by atoms with Crippen LogP contribution in [0.25, 0.3) is 11.1 Å². The van der Waals surface area contributed by atoms with E-state index in [1.54, 1.807) is 24.3 Å². The van der Waals surface area contributed by atoms with Gasteiger partial charge in [-0.1, -0.05) is 6.07 Å². The van der Waals surface area contributed by atoms with Crippen LogP contribution < -0.4 is 16.4 Å². The molecule has 0 saturated carbocycles. The third-order valence-electron chi connectivity index (χ3n) is 3.63. The Morgan fingerprint density at radius 1 is 1.15 bits per heavy atom. The number of nitrogens with one attached hydrogen (secondary N) is 2. The first-order valence-corrected chi connectivity index (χ1v) is 7.79. The van der Waals surface area contributed by atoms with Gasteiger partial charge >= 0.3 is 5.76 Å². The fourth-order valence-electron chi connectivity index (χ4n) is 2.54. The van der Waals surface area contributed by atoms with E-state index in [2.05, 4.69) is 10.6 Å². The van der Waals surface area contributed by atoms with Crippen molar-refractivity contribution in [3.05, 3.63) is 63.1 Å². The molecule has 0 atom stereocenters. The van der Waals surface area contributed by atoms with E-state index in [4.69, 9.17) is 4.42 Å². The predicted molar refractivity (Wildman–Crippen MR) is 96.5 cm³/mol. The maximum Gasteiger partial charge on any atom is 0.420 e. The number of oxazole rings is 1. The van der Waals surface area contributed by atoms with Crippen LogP contribution in [0.15, 0.2) is 51.7 Å². The highest BCUT2D eigenvalue weighted by Gasteiger charge is 2.16. The van der Waals surface area contributed by atoms with Crippen molar-refractivity contribution in [3.8, 4) is 0 Å². The molecule has 3 rings (SSSR count). The summed E-state index contributed by atoms with van der Waals surface area (Å²) in [6, 6.07) is 10.2. The smallest absolute Gasteiger partial charge is 0.408 e. The molecule has 2 amide bonds. The number of aromatic nitrogens is 1. The van der Waals surface area contributed by atoms with Crippen LogP contribution in [0.2, 0.25) is 0 Å². The van der Waals surface area contributed by atoms with E-state index >= 15 is 0 Å². The first kappa shape index (κ1) is 17.9. The van der Waals surface area contributed by atoms with Crippen LogP contribution in [0, 0.1) is 10.1 Å². The van der Waals surface area contributed by atoms with E-state index in [9.17, 15) is 24.5 Å². The lowest BCUT2D eigenvalue weighted by Crippen LogP contribution is -2.24. The fourth-order valence-corrected chi connectivity index (χ4v) is 2.54. The molecule has 0 bridgehead atoms. The lowest BCUT2D eigenvalue weighted by Gasteiger charge is -2.08. The fraction of sp³-hybridized carbons (Fsp3) is 0.118. The number of nitro benzene ring substituents is 1. The molecule has 0 unspecified atom stereocenters. The zero-order chi connectivity index (χ0) is 19.6. The monoisotopic (exact) mass is 370 g/mol. The van der Waals surface area contributed by atoms with E-state index in [-0.39, 0.29) is 22.7 Å². The number of rotatable bonds is 5. The number of benzene rings is 2. The summed E-state index contributed by atoms with van der Waals surface area (Å²) in [5.41, 5.74) is 0.989. The molecule has 0 fully saturated rings. The van der Waals surface area contributed by atoms with Crippen molar-refractivity contribution in [2.75, 3.05) is 10.6 Å². The average molecular weight is 370 g/mol. The molecule has 1 heterocycles. The Morgan fingerprint density at radius 3 is 2.52 bits per heavy atom. The third-order valence-corrected chi connectivity index (χ3v) is 3.63. The van der Waals surface area contributed by atoms with Gasteiger partial charge in [0.05, 0.1) is 10.4 Å². The van der Waals surface area contributed by atoms with Crippen molar-refractivity contribution in [3.63, 3.8) is 0 Å². The lowest BCUT2D eigenvalue weighted by atomic mass is 10.2. The molecule has 2 aromatic carbocycles. The van der Waals surface area contributed by atoms with Gasteiger partial charge in [0, 0.05) is 30.4 Å². The summed E-state index contributed by atoms with van der Waals surface area (Å²) in [5.74, 6) is -1.59. The molecule has 27 heavy (non-hydrogen) atoms. The summed E-state index contributed by atoms with van der Waals surface area (Å²) in [7, 11) is 0. The highest BCUT2D eigenvalue weighted by Crippen LogP contribution is 2.20. The SMILES string of the molecule is CC(=O)Nc1cccc(NC(=O)Cn2c(=O)oc3ccc([N+](=O)[O-])cc32)c1. The lowest BCUT2D eigenvalue weighted by molar-refractivity contribution is -0.384. The van der Waals surface area contributed by atoms with Crippen molar-refractivity contribution < 1.29 is 18.9 Å². The number of carbonyl (C=O) groups excluding carboxylic acids is 2. The minimum atomic E-state index is -0.798. The number of fused-ring (bicyclic) bond motifs is 1. The third kappa shape index (κ3) is 4.00. The van der Waals surface area contributed by atoms with Gasteiger partial charge in [-0.2, -0.15) is 0 Å². The minimum Gasteiger partial charge on any atom is -0.408 e. The first-order chi connectivity index (χ1) is 12.8. The molecule has 10 nitrogen and oxygen atoms in total. The summed E-state index contributed by atoms with van der Waals surface area (Å²) < 4.78 is 6.01. The van der Waals surface area contributed by atoms with Crippen LogP contribution in [0.3, 0.4) is 0 Å². The number of nitro groups is 1. The van der Waals surface area contributed by atoms with Crippen LogP contribution >= 0.6 is 0 Å². The second kappa shape index (κ2) is 7.12. The molecular weight excluding hydrogens is 356 g/mol. The number of carbonyl (C=O) groups is 2. The average Bonchev–Trinajstić information content (AvgIpc) is 2.89. The number of nitrogens with zero attached hydrogens (tertiary/aromatic N) is 2. The largest absolute Gasteiger partial charge is 0.420 e. The van der Waals surface area contributed by atoms with E-state index in [0.29, 0.717) is 11.4 Å². The van der Waals surface area contributed by atoms with Crippen LogP contribution in [-0.4, -0.2) is 21.3 Å². The molecular formula is C17H14N4O6. The predicted octanol–water partition coefficient (Wildman–Crippen LogP) is 2.10. The molecule has 0 aliphatic heterocycles. The molecule has 10 heteroatoms. The van der Waals surface area contributed by atoms with Crippen LogP contribution in [0.5, 0.6) is 0 Å². The van der Waals surface area contributed by atoms with Crippen LogP contribution in [0.1, 0.15) is 6.92 Å². The molecule has 138 valence electrons. The summed E-state index contributed by atoms with van der Waals surface area (Å²) in [5, 5.41) is 16.1. The quantitative estimate of drug-likeness (QED) is 0.521. The molecule has 0 aliphatic rings. The molecule has 0 saturated heterocycles. The Labute approximate surface area is 151 Å². The van der Waals surface area contributed by atoms with Gasteiger partial charge in [0.1, 0.15) is 6.54 Å². The number of hydrogen-bond donors (Lipinski definition) is 2. The zero-order valence-corrected chi connectivity index (χ0v) is 14.1. The molecule has 1 aromatic heterocycles. The standard InChI is InChI=1S/C17H14N4O6/c1-10(22)18-11-3-2-4-12(7-11)19-16(23)9-20-14-8-13(21(25)26)5-6-15(14)27-17(20)24/h2-8H,9H2,1H3,(H,18,22)(H,19,23). The maximum absolute atomic E-state index is 12.3. The summed E-state index contributed by atoms with van der Waals surface area (Å²) in [6.07, 6.45) is 0. The Morgan fingerprint density at radius 2 is 1.85 bits per heavy atom. The highest BCUT2D eigenvalue weighted by atomic mass is 16.6. The Balaban J connectivity index is 1.83. The molecule has 0 aliphatic carbocycles. The first-order valence-electron chi connectivity index (χ1n) is 7.79. The van der Waals surface area contributed by atoms with Crippen molar-refractivity contribution in [2.24, 2.45) is 0 Å². The van der Waals surface area contributed by atoms with Gasteiger partial charge in [-0.25, -0.2) is 4.79 Å². The van der Waals surface area contributed by atoms with Crippen molar-refractivity contribution in [2.45, 2.75) is 13.5 Å². The van der Waals surface area contributed by atoms with Gasteiger partial charge in [0.15, 0.2) is 5.58 Å². The van der Waals surface area contributed by atoms with Gasteiger partial charge in [-0.15, -0.1) is 0 Å². The number of non-ortho nitro benzene ring substituents is 1. The Bertz CT molecular complexity index is 1110. The van der Waals surface area contributed by atoms with E-state index < -0.39 is 23.1 Å². The topological polar surface area (TPSA) is 136 Å². The number of hydrogen-bond acceptors (Lipinski definition) is 6. The molecule has 3 aromatic rings. The summed E-state index contributed by atoms with van der Waals surface area (Å²) in [4.78, 5) is 45.7. The van der Waals surface area contributed by atoms with Crippen LogP contribution in [0.4, 0.5) is 17.1 Å². The zero-order valence-electron chi connectivity index (χ0n) is 14.1. The second-order valence-corrected chi connectivity index (χ2v) is 5.67. The van der Waals surface area contributed by atoms with Crippen LogP contribution in [-0.2, 0) is 16.1 Å². The maximum atomic E-state index is 12.3. The number of anilines is 2. The van der Waals surface area contributed by atoms with Gasteiger partial charge in [0.2, 0.25) is 11.8 Å².